The zero-order chi connectivity index (χ0) is 22.5. The molecule has 5 heteroatoms. The van der Waals surface area contributed by atoms with Crippen LogP contribution in [0.3, 0.4) is 0 Å². The molecule has 1 aliphatic carbocycles. The zero-order valence-electron chi connectivity index (χ0n) is 19.2. The molecule has 0 bridgehead atoms. The summed E-state index contributed by atoms with van der Waals surface area (Å²) in [5.74, 6) is 1.02. The first kappa shape index (κ1) is 22.8. The van der Waals surface area contributed by atoms with Gasteiger partial charge in [0.25, 0.3) is 0 Å². The molecule has 1 unspecified atom stereocenters. The van der Waals surface area contributed by atoms with Crippen molar-refractivity contribution in [3.63, 3.8) is 0 Å². The van der Waals surface area contributed by atoms with Crippen LogP contribution in [0.15, 0.2) is 47.9 Å². The number of likely N-dealkylation sites (tertiary alicyclic amines) is 1. The fourth-order valence-electron chi connectivity index (χ4n) is 4.94. The fraction of sp³-hybridized carbons (Fsp3) is 0.481. The van der Waals surface area contributed by atoms with Crippen LogP contribution in [0.4, 0.5) is 0 Å². The molecule has 1 atom stereocenters. The van der Waals surface area contributed by atoms with Gasteiger partial charge in [-0.05, 0) is 73.6 Å². The number of nitrogens with zero attached hydrogens (tertiary/aromatic N) is 2. The molecule has 2 fully saturated rings. The van der Waals surface area contributed by atoms with Crippen LogP contribution in [0.25, 0.3) is 6.08 Å². The molecular weight excluding hydrogens is 416 g/mol. The fourth-order valence-corrected chi connectivity index (χ4v) is 5.56. The van der Waals surface area contributed by atoms with Crippen molar-refractivity contribution in [3.05, 3.63) is 63.9 Å². The van der Waals surface area contributed by atoms with Crippen molar-refractivity contribution in [1.82, 2.24) is 9.80 Å². The highest BCUT2D eigenvalue weighted by atomic mass is 32.1. The van der Waals surface area contributed by atoms with Gasteiger partial charge in [-0.3, -0.25) is 9.59 Å². The van der Waals surface area contributed by atoms with Crippen molar-refractivity contribution in [2.24, 2.45) is 11.8 Å². The molecule has 1 saturated carbocycles. The van der Waals surface area contributed by atoms with Crippen LogP contribution in [0.5, 0.6) is 0 Å². The summed E-state index contributed by atoms with van der Waals surface area (Å²) in [7, 11) is 2.00. The number of carbonyl (C=O) groups is 2. The van der Waals surface area contributed by atoms with E-state index < -0.39 is 0 Å². The highest BCUT2D eigenvalue weighted by Crippen LogP contribution is 2.32. The normalized spacial score (nSPS) is 18.5. The van der Waals surface area contributed by atoms with Crippen molar-refractivity contribution in [2.75, 3.05) is 20.1 Å². The molecule has 1 aromatic carbocycles. The summed E-state index contributed by atoms with van der Waals surface area (Å²) in [5, 5.41) is 2.02. The Morgan fingerprint density at radius 1 is 1.12 bits per heavy atom. The monoisotopic (exact) mass is 450 g/mol. The number of amides is 2. The first-order valence-corrected chi connectivity index (χ1v) is 12.7. The highest BCUT2D eigenvalue weighted by molar-refractivity contribution is 7.10. The van der Waals surface area contributed by atoms with Crippen molar-refractivity contribution in [1.29, 1.82) is 0 Å². The Morgan fingerprint density at radius 3 is 2.50 bits per heavy atom. The number of thiophene rings is 1. The quantitative estimate of drug-likeness (QED) is 0.546. The lowest BCUT2D eigenvalue weighted by atomic mass is 9.81. The summed E-state index contributed by atoms with van der Waals surface area (Å²) < 4.78 is 0. The SMILES string of the molecule is Cc1ccccc1CC(C1CCN(C(=O)C=Cc2cccs2)CC1)N(C)C(=O)C1CCC1. The van der Waals surface area contributed by atoms with Gasteiger partial charge in [-0.2, -0.15) is 0 Å². The maximum Gasteiger partial charge on any atom is 0.246 e. The molecule has 1 saturated heterocycles. The molecule has 0 radical (unpaired) electrons. The Kier molecular flexibility index (Phi) is 7.46. The first-order chi connectivity index (χ1) is 15.5. The van der Waals surface area contributed by atoms with Gasteiger partial charge >= 0.3 is 0 Å². The molecule has 2 amide bonds. The van der Waals surface area contributed by atoms with E-state index in [0.717, 1.165) is 50.1 Å². The maximum atomic E-state index is 13.1. The number of piperidine rings is 1. The molecule has 2 heterocycles. The molecule has 1 aliphatic heterocycles. The third-order valence-electron chi connectivity index (χ3n) is 7.32. The summed E-state index contributed by atoms with van der Waals surface area (Å²) in [6.07, 6.45) is 9.61. The van der Waals surface area contributed by atoms with Crippen molar-refractivity contribution in [3.8, 4) is 0 Å². The smallest absolute Gasteiger partial charge is 0.246 e. The molecule has 170 valence electrons. The van der Waals surface area contributed by atoms with Crippen LogP contribution in [-0.4, -0.2) is 47.8 Å². The van der Waals surface area contributed by atoms with Gasteiger partial charge in [-0.15, -0.1) is 11.3 Å². The molecule has 2 aliphatic rings. The van der Waals surface area contributed by atoms with Gasteiger partial charge in [-0.25, -0.2) is 0 Å². The van der Waals surface area contributed by atoms with E-state index in [1.54, 1.807) is 17.4 Å². The maximum absolute atomic E-state index is 13.1. The number of hydrogen-bond acceptors (Lipinski definition) is 3. The van der Waals surface area contributed by atoms with Crippen LogP contribution < -0.4 is 0 Å². The Balaban J connectivity index is 1.42. The highest BCUT2D eigenvalue weighted by Gasteiger charge is 2.36. The van der Waals surface area contributed by atoms with Gasteiger partial charge in [0.1, 0.15) is 0 Å². The van der Waals surface area contributed by atoms with Gasteiger partial charge < -0.3 is 9.80 Å². The van der Waals surface area contributed by atoms with Crippen LogP contribution in [-0.2, 0) is 16.0 Å². The van der Waals surface area contributed by atoms with E-state index in [-0.39, 0.29) is 17.9 Å². The van der Waals surface area contributed by atoms with Gasteiger partial charge in [0.2, 0.25) is 11.8 Å². The number of hydrogen-bond donors (Lipinski definition) is 0. The Hall–Kier alpha value is -2.40. The van der Waals surface area contributed by atoms with E-state index in [0.29, 0.717) is 11.8 Å². The van der Waals surface area contributed by atoms with Crippen molar-refractivity contribution >= 4 is 29.2 Å². The summed E-state index contributed by atoms with van der Waals surface area (Å²) >= 11 is 1.64. The zero-order valence-corrected chi connectivity index (χ0v) is 20.0. The standard InChI is InChI=1S/C27H34N2O2S/c1-20-7-3-4-8-23(20)19-25(28(2)27(31)22-9-5-10-22)21-14-16-29(17-15-21)26(30)13-12-24-11-6-18-32-24/h3-4,6-8,11-13,18,21-22,25H,5,9-10,14-17,19H2,1-2H3. The number of benzene rings is 1. The molecule has 0 N–H and O–H groups in total. The predicted molar refractivity (Wildman–Crippen MR) is 131 cm³/mol. The summed E-state index contributed by atoms with van der Waals surface area (Å²) in [6.45, 7) is 3.67. The van der Waals surface area contributed by atoms with Crippen LogP contribution in [0.2, 0.25) is 0 Å². The Bertz CT molecular complexity index is 940. The lowest BCUT2D eigenvalue weighted by Crippen LogP contribution is -2.50. The van der Waals surface area contributed by atoms with E-state index in [2.05, 4.69) is 36.1 Å². The lowest BCUT2D eigenvalue weighted by Gasteiger charge is -2.42. The predicted octanol–water partition coefficient (Wildman–Crippen LogP) is 5.18. The molecule has 4 nitrogen and oxygen atoms in total. The largest absolute Gasteiger partial charge is 0.342 e. The topological polar surface area (TPSA) is 40.6 Å². The summed E-state index contributed by atoms with van der Waals surface area (Å²) in [4.78, 5) is 30.9. The summed E-state index contributed by atoms with van der Waals surface area (Å²) in [6, 6.07) is 12.7. The third kappa shape index (κ3) is 5.32. The van der Waals surface area contributed by atoms with Gasteiger partial charge in [0.15, 0.2) is 0 Å². The molecule has 2 aromatic rings. The van der Waals surface area contributed by atoms with Gasteiger partial charge in [0.05, 0.1) is 0 Å². The second-order valence-electron chi connectivity index (χ2n) is 9.29. The third-order valence-corrected chi connectivity index (χ3v) is 8.16. The average molecular weight is 451 g/mol. The second kappa shape index (κ2) is 10.5. The number of carbonyl (C=O) groups excluding carboxylic acids is 2. The lowest BCUT2D eigenvalue weighted by molar-refractivity contribution is -0.141. The Labute approximate surface area is 195 Å². The number of aryl methyl sites for hydroxylation is 1. The second-order valence-corrected chi connectivity index (χ2v) is 10.3. The Morgan fingerprint density at radius 2 is 1.88 bits per heavy atom. The van der Waals surface area contributed by atoms with Crippen LogP contribution in [0.1, 0.15) is 48.1 Å². The van der Waals surface area contributed by atoms with E-state index >= 15 is 0 Å². The summed E-state index contributed by atoms with van der Waals surface area (Å²) in [5.41, 5.74) is 2.61. The van der Waals surface area contributed by atoms with Crippen molar-refractivity contribution in [2.45, 2.75) is 51.5 Å². The van der Waals surface area contributed by atoms with Crippen LogP contribution >= 0.6 is 11.3 Å². The minimum atomic E-state index is 0.0891. The van der Waals surface area contributed by atoms with Gasteiger partial charge in [-0.1, -0.05) is 36.8 Å². The van der Waals surface area contributed by atoms with E-state index in [1.807, 2.05) is 35.5 Å². The molecule has 1 aromatic heterocycles. The number of rotatable bonds is 7. The molecule has 0 spiro atoms. The first-order valence-electron chi connectivity index (χ1n) is 11.8. The average Bonchev–Trinajstić information content (AvgIpc) is 3.29. The minimum absolute atomic E-state index is 0.0891. The molecular formula is C27H34N2O2S. The minimum Gasteiger partial charge on any atom is -0.342 e. The van der Waals surface area contributed by atoms with E-state index in [4.69, 9.17) is 0 Å². The van der Waals surface area contributed by atoms with Crippen LogP contribution in [0, 0.1) is 18.8 Å². The number of likely N-dealkylation sites (N-methyl/N-ethyl adjacent to an activating group) is 1. The van der Waals surface area contributed by atoms with Crippen molar-refractivity contribution < 1.29 is 9.59 Å². The van der Waals surface area contributed by atoms with E-state index in [9.17, 15) is 9.59 Å². The molecule has 4 rings (SSSR count). The van der Waals surface area contributed by atoms with E-state index in [1.165, 1.54) is 17.5 Å². The molecule has 32 heavy (non-hydrogen) atoms. The van der Waals surface area contributed by atoms with Gasteiger partial charge in [0, 0.05) is 43.1 Å².